The Morgan fingerprint density at radius 1 is 1.05 bits per heavy atom. The van der Waals surface area contributed by atoms with Crippen LogP contribution >= 0.6 is 11.8 Å². The lowest BCUT2D eigenvalue weighted by molar-refractivity contribution is 0.860. The zero-order valence-corrected chi connectivity index (χ0v) is 13.0. The summed E-state index contributed by atoms with van der Waals surface area (Å²) in [6.45, 7) is 1.58. The molecule has 0 saturated carbocycles. The fourth-order valence-corrected chi connectivity index (χ4v) is 3.02. The van der Waals surface area contributed by atoms with Crippen LogP contribution in [0.2, 0.25) is 0 Å². The third-order valence-corrected chi connectivity index (χ3v) is 4.34. The second kappa shape index (κ2) is 7.36. The van der Waals surface area contributed by atoms with Crippen molar-refractivity contribution < 1.29 is 0 Å². The van der Waals surface area contributed by atoms with Crippen molar-refractivity contribution in [3.63, 3.8) is 0 Å². The molecule has 0 bridgehead atoms. The van der Waals surface area contributed by atoms with Crippen LogP contribution in [0, 0.1) is 0 Å². The molecule has 106 valence electrons. The van der Waals surface area contributed by atoms with Gasteiger partial charge in [-0.25, -0.2) is 0 Å². The van der Waals surface area contributed by atoms with Gasteiger partial charge in [-0.1, -0.05) is 36.4 Å². The molecule has 0 amide bonds. The SMILES string of the molecule is CSc1cccc(N(C)CCc2ccccc2)c1CN. The van der Waals surface area contributed by atoms with Gasteiger partial charge in [0.2, 0.25) is 0 Å². The van der Waals surface area contributed by atoms with E-state index in [-0.39, 0.29) is 0 Å². The molecule has 0 heterocycles. The Balaban J connectivity index is 2.11. The van der Waals surface area contributed by atoms with Gasteiger partial charge < -0.3 is 10.6 Å². The first-order valence-corrected chi connectivity index (χ1v) is 8.09. The van der Waals surface area contributed by atoms with Gasteiger partial charge in [-0.2, -0.15) is 0 Å². The Bertz CT molecular complexity index is 540. The smallest absolute Gasteiger partial charge is 0.0420 e. The molecule has 0 aliphatic rings. The maximum absolute atomic E-state index is 5.93. The summed E-state index contributed by atoms with van der Waals surface area (Å²) in [7, 11) is 2.14. The number of benzene rings is 2. The molecule has 0 spiro atoms. The van der Waals surface area contributed by atoms with Crippen LogP contribution in [0.15, 0.2) is 53.4 Å². The van der Waals surface area contributed by atoms with E-state index in [0.717, 1.165) is 13.0 Å². The highest BCUT2D eigenvalue weighted by Crippen LogP contribution is 2.28. The first kappa shape index (κ1) is 14.9. The molecular formula is C17H22N2S. The number of anilines is 1. The van der Waals surface area contributed by atoms with E-state index in [0.29, 0.717) is 6.54 Å². The summed E-state index contributed by atoms with van der Waals surface area (Å²) in [5.74, 6) is 0. The second-order valence-corrected chi connectivity index (χ2v) is 5.67. The number of hydrogen-bond donors (Lipinski definition) is 1. The average Bonchev–Trinajstić information content (AvgIpc) is 2.52. The lowest BCUT2D eigenvalue weighted by Gasteiger charge is -2.23. The Morgan fingerprint density at radius 3 is 2.45 bits per heavy atom. The molecule has 0 aliphatic carbocycles. The highest BCUT2D eigenvalue weighted by molar-refractivity contribution is 7.98. The Hall–Kier alpha value is -1.45. The highest BCUT2D eigenvalue weighted by Gasteiger charge is 2.10. The summed E-state index contributed by atoms with van der Waals surface area (Å²) < 4.78 is 0. The van der Waals surface area contributed by atoms with Crippen LogP contribution in [0.5, 0.6) is 0 Å². The van der Waals surface area contributed by atoms with Gasteiger partial charge >= 0.3 is 0 Å². The Morgan fingerprint density at radius 2 is 1.80 bits per heavy atom. The zero-order valence-electron chi connectivity index (χ0n) is 12.2. The van der Waals surface area contributed by atoms with Gasteiger partial charge in [0.25, 0.3) is 0 Å². The summed E-state index contributed by atoms with van der Waals surface area (Å²) in [4.78, 5) is 3.58. The minimum atomic E-state index is 0.585. The minimum absolute atomic E-state index is 0.585. The van der Waals surface area contributed by atoms with Crippen LogP contribution in [0.4, 0.5) is 5.69 Å². The molecule has 0 radical (unpaired) electrons. The van der Waals surface area contributed by atoms with Crippen molar-refractivity contribution in [3.05, 3.63) is 59.7 Å². The van der Waals surface area contributed by atoms with Crippen molar-refractivity contribution in [1.82, 2.24) is 0 Å². The van der Waals surface area contributed by atoms with Gasteiger partial charge in [0.15, 0.2) is 0 Å². The number of nitrogens with two attached hydrogens (primary N) is 1. The third kappa shape index (κ3) is 3.56. The van der Waals surface area contributed by atoms with E-state index in [4.69, 9.17) is 5.73 Å². The maximum Gasteiger partial charge on any atom is 0.0420 e. The molecule has 0 saturated heterocycles. The molecule has 2 rings (SSSR count). The van der Waals surface area contributed by atoms with Crippen LogP contribution in [0.25, 0.3) is 0 Å². The summed E-state index contributed by atoms with van der Waals surface area (Å²) in [6.07, 6.45) is 3.15. The number of likely N-dealkylation sites (N-methyl/N-ethyl adjacent to an activating group) is 1. The van der Waals surface area contributed by atoms with Crippen LogP contribution in [0.3, 0.4) is 0 Å². The Kier molecular flexibility index (Phi) is 5.50. The number of rotatable bonds is 6. The average molecular weight is 286 g/mol. The van der Waals surface area contributed by atoms with Crippen molar-refractivity contribution in [3.8, 4) is 0 Å². The molecule has 0 aromatic heterocycles. The van der Waals surface area contributed by atoms with Gasteiger partial charge in [0, 0.05) is 36.3 Å². The van der Waals surface area contributed by atoms with Crippen LogP contribution < -0.4 is 10.6 Å². The van der Waals surface area contributed by atoms with Gasteiger partial charge in [-0.3, -0.25) is 0 Å². The maximum atomic E-state index is 5.93. The number of nitrogens with zero attached hydrogens (tertiary/aromatic N) is 1. The van der Waals surface area contributed by atoms with Gasteiger partial charge in [-0.05, 0) is 30.4 Å². The van der Waals surface area contributed by atoms with Crippen molar-refractivity contribution in [2.75, 3.05) is 24.7 Å². The van der Waals surface area contributed by atoms with E-state index in [1.807, 2.05) is 0 Å². The molecule has 0 unspecified atom stereocenters. The van der Waals surface area contributed by atoms with Crippen LogP contribution in [-0.2, 0) is 13.0 Å². The molecule has 3 heteroatoms. The molecule has 0 aliphatic heterocycles. The van der Waals surface area contributed by atoms with Crippen molar-refractivity contribution in [1.29, 1.82) is 0 Å². The standard InChI is InChI=1S/C17H22N2S/c1-19(12-11-14-7-4-3-5-8-14)16-9-6-10-17(20-2)15(16)13-18/h3-10H,11-13,18H2,1-2H3. The van der Waals surface area contributed by atoms with E-state index in [1.54, 1.807) is 11.8 Å². The first-order chi connectivity index (χ1) is 9.76. The fourth-order valence-electron chi connectivity index (χ4n) is 2.37. The lowest BCUT2D eigenvalue weighted by Crippen LogP contribution is -2.22. The quantitative estimate of drug-likeness (QED) is 0.824. The van der Waals surface area contributed by atoms with E-state index in [9.17, 15) is 0 Å². The van der Waals surface area contributed by atoms with Crippen molar-refractivity contribution >= 4 is 17.4 Å². The second-order valence-electron chi connectivity index (χ2n) is 4.82. The Labute approximate surface area is 126 Å². The van der Waals surface area contributed by atoms with Gasteiger partial charge in [0.05, 0.1) is 0 Å². The largest absolute Gasteiger partial charge is 0.374 e. The molecule has 2 N–H and O–H groups in total. The molecule has 0 atom stereocenters. The lowest BCUT2D eigenvalue weighted by atomic mass is 10.1. The highest BCUT2D eigenvalue weighted by atomic mass is 32.2. The topological polar surface area (TPSA) is 29.3 Å². The van der Waals surface area contributed by atoms with E-state index >= 15 is 0 Å². The summed E-state index contributed by atoms with van der Waals surface area (Å²) >= 11 is 1.76. The third-order valence-electron chi connectivity index (χ3n) is 3.52. The molecule has 2 nitrogen and oxygen atoms in total. The van der Waals surface area contributed by atoms with E-state index < -0.39 is 0 Å². The van der Waals surface area contributed by atoms with Crippen LogP contribution in [0.1, 0.15) is 11.1 Å². The van der Waals surface area contributed by atoms with Crippen molar-refractivity contribution in [2.45, 2.75) is 17.9 Å². The summed E-state index contributed by atoms with van der Waals surface area (Å²) in [5.41, 5.74) is 9.79. The van der Waals surface area contributed by atoms with Gasteiger partial charge in [-0.15, -0.1) is 11.8 Å². The zero-order chi connectivity index (χ0) is 14.4. The van der Waals surface area contributed by atoms with Crippen molar-refractivity contribution in [2.24, 2.45) is 5.73 Å². The number of thioether (sulfide) groups is 1. The summed E-state index contributed by atoms with van der Waals surface area (Å²) in [6, 6.07) is 17.0. The van der Waals surface area contributed by atoms with E-state index in [1.165, 1.54) is 21.7 Å². The first-order valence-electron chi connectivity index (χ1n) is 6.87. The molecular weight excluding hydrogens is 264 g/mol. The molecule has 2 aromatic carbocycles. The molecule has 0 fully saturated rings. The van der Waals surface area contributed by atoms with Gasteiger partial charge in [0.1, 0.15) is 0 Å². The predicted octanol–water partition coefficient (Wildman–Crippen LogP) is 3.55. The normalized spacial score (nSPS) is 10.6. The predicted molar refractivity (Wildman–Crippen MR) is 89.5 cm³/mol. The number of hydrogen-bond acceptors (Lipinski definition) is 3. The van der Waals surface area contributed by atoms with E-state index in [2.05, 4.69) is 66.7 Å². The monoisotopic (exact) mass is 286 g/mol. The molecule has 20 heavy (non-hydrogen) atoms. The minimum Gasteiger partial charge on any atom is -0.374 e. The van der Waals surface area contributed by atoms with Crippen LogP contribution in [-0.4, -0.2) is 19.8 Å². The fraction of sp³-hybridized carbons (Fsp3) is 0.294. The molecule has 2 aromatic rings. The summed E-state index contributed by atoms with van der Waals surface area (Å²) in [5, 5.41) is 0.